The highest BCUT2D eigenvalue weighted by atomic mass is 16.5. The largest absolute Gasteiger partial charge is 0.460 e. The molecule has 0 saturated carbocycles. The number of para-hydroxylation sites is 1. The molecule has 126 valence electrons. The molecule has 0 spiro atoms. The van der Waals surface area contributed by atoms with Gasteiger partial charge in [0.15, 0.2) is 0 Å². The Balaban J connectivity index is 1.65. The summed E-state index contributed by atoms with van der Waals surface area (Å²) in [6.45, 7) is 8.53. The molecule has 1 aromatic carbocycles. The zero-order valence-corrected chi connectivity index (χ0v) is 14.6. The van der Waals surface area contributed by atoms with Crippen LogP contribution < -0.4 is 0 Å². The van der Waals surface area contributed by atoms with Crippen molar-refractivity contribution in [1.82, 2.24) is 10.1 Å². The van der Waals surface area contributed by atoms with Crippen LogP contribution in [0, 0.1) is 13.8 Å². The summed E-state index contributed by atoms with van der Waals surface area (Å²) in [5, 5.41) is 5.23. The quantitative estimate of drug-likeness (QED) is 0.695. The Morgan fingerprint density at radius 3 is 2.88 bits per heavy atom. The summed E-state index contributed by atoms with van der Waals surface area (Å²) < 4.78 is 11.6. The second kappa shape index (κ2) is 6.10. The minimum absolute atomic E-state index is 0.701. The average Bonchev–Trinajstić information content (AvgIpc) is 3.24. The second-order valence-corrected chi connectivity index (χ2v) is 6.91. The number of nitrogens with zero attached hydrogens (tertiary/aromatic N) is 2. The summed E-state index contributed by atoms with van der Waals surface area (Å²) in [5.41, 5.74) is 3.97. The van der Waals surface area contributed by atoms with E-state index in [9.17, 15) is 0 Å². The summed E-state index contributed by atoms with van der Waals surface area (Å²) in [4.78, 5) is 2.56. The second-order valence-electron chi connectivity index (χ2n) is 6.91. The van der Waals surface area contributed by atoms with Crippen LogP contribution in [0.2, 0.25) is 0 Å². The summed E-state index contributed by atoms with van der Waals surface area (Å²) in [6.07, 6.45) is 3.59. The van der Waals surface area contributed by atoms with Crippen molar-refractivity contribution in [2.75, 3.05) is 13.1 Å². The first kappa shape index (κ1) is 15.5. The smallest absolute Gasteiger partial charge is 0.142 e. The molecule has 1 atom stereocenters. The van der Waals surface area contributed by atoms with Gasteiger partial charge in [0.2, 0.25) is 0 Å². The molecule has 1 fully saturated rings. The number of fused-ring (bicyclic) bond motifs is 1. The molecule has 2 aromatic heterocycles. The molecule has 4 nitrogen and oxygen atoms in total. The Hall–Kier alpha value is -2.07. The summed E-state index contributed by atoms with van der Waals surface area (Å²) >= 11 is 0. The van der Waals surface area contributed by atoms with Crippen LogP contribution in [0.5, 0.6) is 0 Å². The lowest BCUT2D eigenvalue weighted by molar-refractivity contribution is 0.266. The van der Waals surface area contributed by atoms with E-state index in [0.717, 1.165) is 52.3 Å². The van der Waals surface area contributed by atoms with Crippen molar-refractivity contribution < 1.29 is 8.94 Å². The first-order valence-corrected chi connectivity index (χ1v) is 8.82. The molecule has 1 unspecified atom stereocenters. The zero-order valence-electron chi connectivity index (χ0n) is 14.6. The average molecular weight is 324 g/mol. The molecular weight excluding hydrogens is 300 g/mol. The number of hydrogen-bond acceptors (Lipinski definition) is 4. The lowest BCUT2D eigenvalue weighted by Gasteiger charge is -2.19. The van der Waals surface area contributed by atoms with Crippen LogP contribution in [0.4, 0.5) is 0 Å². The molecular formula is C20H24N2O2. The Kier molecular flexibility index (Phi) is 3.93. The van der Waals surface area contributed by atoms with E-state index in [1.54, 1.807) is 0 Å². The van der Waals surface area contributed by atoms with E-state index >= 15 is 0 Å². The van der Waals surface area contributed by atoms with Crippen molar-refractivity contribution in [3.8, 4) is 11.1 Å². The molecule has 0 aliphatic carbocycles. The number of likely N-dealkylation sites (tertiary alicyclic amines) is 1. The Morgan fingerprint density at radius 1 is 1.29 bits per heavy atom. The highest BCUT2D eigenvalue weighted by molar-refractivity contribution is 5.93. The summed E-state index contributed by atoms with van der Waals surface area (Å²) in [7, 11) is 0. The number of aromatic nitrogens is 1. The highest BCUT2D eigenvalue weighted by Gasteiger charge is 2.21. The van der Waals surface area contributed by atoms with Crippen LogP contribution in [0.25, 0.3) is 22.1 Å². The number of furan rings is 1. The van der Waals surface area contributed by atoms with Crippen LogP contribution in [0.3, 0.4) is 0 Å². The van der Waals surface area contributed by atoms with E-state index in [-0.39, 0.29) is 0 Å². The van der Waals surface area contributed by atoms with Crippen LogP contribution in [-0.2, 0) is 6.42 Å². The van der Waals surface area contributed by atoms with Gasteiger partial charge in [-0.05, 0) is 46.2 Å². The lowest BCUT2D eigenvalue weighted by atomic mass is 10.0. The van der Waals surface area contributed by atoms with Crippen LogP contribution in [-0.4, -0.2) is 29.2 Å². The van der Waals surface area contributed by atoms with Crippen LogP contribution in [0.15, 0.2) is 33.2 Å². The zero-order chi connectivity index (χ0) is 16.7. The number of hydrogen-bond donors (Lipinski definition) is 0. The third-order valence-electron chi connectivity index (χ3n) is 5.23. The van der Waals surface area contributed by atoms with Crippen LogP contribution >= 0.6 is 0 Å². The van der Waals surface area contributed by atoms with Crippen molar-refractivity contribution in [3.05, 3.63) is 41.5 Å². The molecule has 4 heteroatoms. The van der Waals surface area contributed by atoms with Crippen molar-refractivity contribution in [3.63, 3.8) is 0 Å². The maximum atomic E-state index is 6.23. The van der Waals surface area contributed by atoms with Gasteiger partial charge in [-0.1, -0.05) is 23.4 Å². The van der Waals surface area contributed by atoms with E-state index < -0.39 is 0 Å². The van der Waals surface area contributed by atoms with E-state index in [2.05, 4.69) is 41.2 Å². The summed E-state index contributed by atoms with van der Waals surface area (Å²) in [5.74, 6) is 1.90. The number of benzene rings is 1. The van der Waals surface area contributed by atoms with E-state index in [1.807, 2.05) is 13.8 Å². The normalized spacial score (nSPS) is 18.7. The highest BCUT2D eigenvalue weighted by Crippen LogP contribution is 2.34. The molecule has 1 aliphatic heterocycles. The molecule has 3 heterocycles. The molecule has 3 aromatic rings. The molecule has 0 amide bonds. The fourth-order valence-electron chi connectivity index (χ4n) is 3.88. The Bertz CT molecular complexity index is 842. The van der Waals surface area contributed by atoms with Gasteiger partial charge >= 0.3 is 0 Å². The first-order valence-electron chi connectivity index (χ1n) is 8.82. The van der Waals surface area contributed by atoms with Gasteiger partial charge in [-0.2, -0.15) is 0 Å². The minimum Gasteiger partial charge on any atom is -0.460 e. The van der Waals surface area contributed by atoms with Gasteiger partial charge in [0, 0.05) is 30.0 Å². The topological polar surface area (TPSA) is 42.4 Å². The van der Waals surface area contributed by atoms with Gasteiger partial charge in [0.05, 0.1) is 11.3 Å². The molecule has 4 rings (SSSR count). The molecule has 24 heavy (non-hydrogen) atoms. The predicted molar refractivity (Wildman–Crippen MR) is 95.2 cm³/mol. The van der Waals surface area contributed by atoms with Gasteiger partial charge < -0.3 is 13.8 Å². The van der Waals surface area contributed by atoms with E-state index in [0.29, 0.717) is 6.04 Å². The van der Waals surface area contributed by atoms with Crippen molar-refractivity contribution in [1.29, 1.82) is 0 Å². The molecule has 0 N–H and O–H groups in total. The van der Waals surface area contributed by atoms with Crippen molar-refractivity contribution in [2.24, 2.45) is 0 Å². The minimum atomic E-state index is 0.701. The van der Waals surface area contributed by atoms with Crippen molar-refractivity contribution in [2.45, 2.75) is 46.1 Å². The lowest BCUT2D eigenvalue weighted by Crippen LogP contribution is -2.28. The Labute approximate surface area is 142 Å². The van der Waals surface area contributed by atoms with Gasteiger partial charge in [-0.3, -0.25) is 0 Å². The maximum Gasteiger partial charge on any atom is 0.142 e. The van der Waals surface area contributed by atoms with E-state index in [1.165, 1.54) is 19.4 Å². The van der Waals surface area contributed by atoms with Gasteiger partial charge in [0.1, 0.15) is 17.1 Å². The SMILES string of the molecule is Cc1noc(C)c1-c1cccc2cc(CCN3CCCC3C)oc12. The fourth-order valence-corrected chi connectivity index (χ4v) is 3.88. The molecule has 1 aliphatic rings. The third kappa shape index (κ3) is 2.65. The van der Waals surface area contributed by atoms with Gasteiger partial charge in [-0.25, -0.2) is 0 Å². The number of rotatable bonds is 4. The van der Waals surface area contributed by atoms with Crippen molar-refractivity contribution >= 4 is 11.0 Å². The fraction of sp³-hybridized carbons (Fsp3) is 0.450. The predicted octanol–water partition coefficient (Wildman–Crippen LogP) is 4.73. The standard InChI is InChI=1S/C20H24N2O2/c1-13-6-5-10-22(13)11-9-17-12-16-7-4-8-18(20(16)23-17)19-14(2)21-24-15(19)3/h4,7-8,12-13H,5-6,9-11H2,1-3H3. The first-order chi connectivity index (χ1) is 11.6. The molecule has 0 bridgehead atoms. The van der Waals surface area contributed by atoms with Gasteiger partial charge in [-0.15, -0.1) is 0 Å². The maximum absolute atomic E-state index is 6.23. The van der Waals surface area contributed by atoms with E-state index in [4.69, 9.17) is 8.94 Å². The Morgan fingerprint density at radius 2 is 2.17 bits per heavy atom. The summed E-state index contributed by atoms with van der Waals surface area (Å²) in [6, 6.07) is 9.16. The molecule has 0 radical (unpaired) electrons. The van der Waals surface area contributed by atoms with Crippen LogP contribution in [0.1, 0.15) is 37.0 Å². The third-order valence-corrected chi connectivity index (χ3v) is 5.23. The number of aryl methyl sites for hydroxylation is 2. The molecule has 1 saturated heterocycles. The monoisotopic (exact) mass is 324 g/mol. The van der Waals surface area contributed by atoms with Gasteiger partial charge in [0.25, 0.3) is 0 Å².